The van der Waals surface area contributed by atoms with E-state index in [4.69, 9.17) is 9.15 Å². The minimum atomic E-state index is -3.56. The Morgan fingerprint density at radius 2 is 1.96 bits per heavy atom. The lowest BCUT2D eigenvalue weighted by Crippen LogP contribution is -2.18. The van der Waals surface area contributed by atoms with Gasteiger partial charge in [0.1, 0.15) is 0 Å². The van der Waals surface area contributed by atoms with E-state index in [-0.39, 0.29) is 16.3 Å². The third kappa shape index (κ3) is 3.82. The van der Waals surface area contributed by atoms with Gasteiger partial charge in [-0.1, -0.05) is 6.07 Å². The molecule has 0 aliphatic rings. The lowest BCUT2D eigenvalue weighted by Gasteiger charge is -2.09. The molecule has 10 heteroatoms. The van der Waals surface area contributed by atoms with Gasteiger partial charge in [-0.3, -0.25) is 0 Å². The first-order chi connectivity index (χ1) is 12.4. The molecule has 2 heterocycles. The first kappa shape index (κ1) is 18.2. The third-order valence-corrected chi connectivity index (χ3v) is 5.76. The van der Waals surface area contributed by atoms with Crippen LogP contribution in [0, 0.1) is 0 Å². The number of aromatic nitrogens is 2. The summed E-state index contributed by atoms with van der Waals surface area (Å²) in [6.45, 7) is 1.61. The van der Waals surface area contributed by atoms with Gasteiger partial charge in [0.25, 0.3) is 11.8 Å². The van der Waals surface area contributed by atoms with Crippen LogP contribution in [0.3, 0.4) is 0 Å². The summed E-state index contributed by atoms with van der Waals surface area (Å²) in [6.07, 6.45) is -0.746. The van der Waals surface area contributed by atoms with Crippen LogP contribution in [-0.4, -0.2) is 31.6 Å². The summed E-state index contributed by atoms with van der Waals surface area (Å²) in [6, 6.07) is 9.13. The van der Waals surface area contributed by atoms with Crippen LogP contribution < -0.4 is 4.72 Å². The van der Waals surface area contributed by atoms with Crippen LogP contribution in [0.15, 0.2) is 51.1 Å². The Labute approximate surface area is 153 Å². The highest BCUT2D eigenvalue weighted by atomic mass is 32.2. The summed E-state index contributed by atoms with van der Waals surface area (Å²) in [4.78, 5) is 13.1. The van der Waals surface area contributed by atoms with E-state index in [1.54, 1.807) is 6.92 Å². The lowest BCUT2D eigenvalue weighted by molar-refractivity contribution is 0.0280. The van der Waals surface area contributed by atoms with Gasteiger partial charge in [0.15, 0.2) is 6.10 Å². The molecule has 0 aliphatic heterocycles. The highest BCUT2D eigenvalue weighted by Crippen LogP contribution is 2.26. The molecule has 1 aromatic carbocycles. The van der Waals surface area contributed by atoms with Gasteiger partial charge in [-0.15, -0.1) is 21.5 Å². The van der Waals surface area contributed by atoms with Gasteiger partial charge < -0.3 is 9.15 Å². The highest BCUT2D eigenvalue weighted by molar-refractivity contribution is 7.89. The van der Waals surface area contributed by atoms with E-state index in [0.717, 1.165) is 4.88 Å². The van der Waals surface area contributed by atoms with Crippen molar-refractivity contribution in [2.24, 2.45) is 0 Å². The van der Waals surface area contributed by atoms with Crippen LogP contribution in [-0.2, 0) is 14.8 Å². The van der Waals surface area contributed by atoms with E-state index >= 15 is 0 Å². The van der Waals surface area contributed by atoms with Gasteiger partial charge in [-0.2, -0.15) is 0 Å². The number of hydrogen-bond acceptors (Lipinski definition) is 8. The Hall–Kier alpha value is -2.56. The van der Waals surface area contributed by atoms with Crippen molar-refractivity contribution < 1.29 is 22.4 Å². The van der Waals surface area contributed by atoms with Crippen molar-refractivity contribution in [3.63, 3.8) is 0 Å². The Kier molecular flexibility index (Phi) is 5.16. The molecule has 3 aromatic rings. The molecule has 3 rings (SSSR count). The third-order valence-electron chi connectivity index (χ3n) is 3.47. The minimum absolute atomic E-state index is 0.0575. The number of sulfonamides is 1. The quantitative estimate of drug-likeness (QED) is 0.641. The maximum Gasteiger partial charge on any atom is 0.338 e. The monoisotopic (exact) mass is 393 g/mol. The fourth-order valence-electron chi connectivity index (χ4n) is 2.07. The van der Waals surface area contributed by atoms with Crippen molar-refractivity contribution in [3.8, 4) is 10.8 Å². The van der Waals surface area contributed by atoms with Gasteiger partial charge in [0.2, 0.25) is 10.0 Å². The molecule has 8 nitrogen and oxygen atoms in total. The minimum Gasteiger partial charge on any atom is -0.449 e. The van der Waals surface area contributed by atoms with E-state index in [2.05, 4.69) is 14.9 Å². The maximum absolute atomic E-state index is 12.2. The number of benzene rings is 1. The molecule has 0 saturated carbocycles. The number of hydrogen-bond donors (Lipinski definition) is 1. The maximum atomic E-state index is 12.2. The molecule has 0 amide bonds. The fourth-order valence-corrected chi connectivity index (χ4v) is 3.44. The number of carbonyl (C=O) groups excluding carboxylic acids is 1. The first-order valence-electron chi connectivity index (χ1n) is 7.52. The van der Waals surface area contributed by atoms with Crippen molar-refractivity contribution in [1.29, 1.82) is 0 Å². The van der Waals surface area contributed by atoms with E-state index < -0.39 is 22.1 Å². The molecule has 0 saturated heterocycles. The van der Waals surface area contributed by atoms with Crippen LogP contribution in [0.5, 0.6) is 0 Å². The zero-order chi connectivity index (χ0) is 18.7. The molecule has 1 N–H and O–H groups in total. The summed E-state index contributed by atoms with van der Waals surface area (Å²) in [5.41, 5.74) is 0.213. The molecule has 136 valence electrons. The van der Waals surface area contributed by atoms with E-state index in [1.807, 2.05) is 17.5 Å². The standard InChI is InChI=1S/C16H15N3O5S2/c1-10(14-18-19-15(24-14)13-4-3-9-25-13)23-16(20)11-5-7-12(8-6-11)26(21,22)17-2/h3-10,17H,1-2H3. The largest absolute Gasteiger partial charge is 0.449 e. The number of thiophene rings is 1. The zero-order valence-electron chi connectivity index (χ0n) is 13.9. The molecule has 0 bridgehead atoms. The van der Waals surface area contributed by atoms with Crippen molar-refractivity contribution in [3.05, 3.63) is 53.2 Å². The van der Waals surface area contributed by atoms with Gasteiger partial charge in [-0.25, -0.2) is 17.9 Å². The first-order valence-corrected chi connectivity index (χ1v) is 9.89. The predicted molar refractivity (Wildman–Crippen MR) is 94.1 cm³/mol. The number of nitrogens with zero attached hydrogens (tertiary/aromatic N) is 2. The number of ether oxygens (including phenoxy) is 1. The normalized spacial score (nSPS) is 12.7. The molecular weight excluding hydrogens is 378 g/mol. The van der Waals surface area contributed by atoms with Crippen molar-refractivity contribution >= 4 is 27.3 Å². The second-order valence-electron chi connectivity index (χ2n) is 5.20. The van der Waals surface area contributed by atoms with E-state index in [1.165, 1.54) is 42.6 Å². The van der Waals surface area contributed by atoms with Gasteiger partial charge >= 0.3 is 5.97 Å². The fraction of sp³-hybridized carbons (Fsp3) is 0.188. The molecule has 26 heavy (non-hydrogen) atoms. The van der Waals surface area contributed by atoms with Crippen LogP contribution >= 0.6 is 11.3 Å². The summed E-state index contributed by atoms with van der Waals surface area (Å²) in [7, 11) is -2.25. The van der Waals surface area contributed by atoms with Crippen LogP contribution in [0.1, 0.15) is 29.3 Å². The summed E-state index contributed by atoms with van der Waals surface area (Å²) < 4.78 is 36.4. The Morgan fingerprint density at radius 3 is 2.58 bits per heavy atom. The average Bonchev–Trinajstić information content (AvgIpc) is 3.33. The molecule has 0 fully saturated rings. The summed E-state index contributed by atoms with van der Waals surface area (Å²) in [5, 5.41) is 9.73. The van der Waals surface area contributed by atoms with Crippen LogP contribution in [0.2, 0.25) is 0 Å². The molecule has 1 unspecified atom stereocenters. The van der Waals surface area contributed by atoms with E-state index in [0.29, 0.717) is 5.89 Å². The Morgan fingerprint density at radius 1 is 1.23 bits per heavy atom. The smallest absolute Gasteiger partial charge is 0.338 e. The average molecular weight is 393 g/mol. The number of esters is 1. The number of rotatable bonds is 6. The van der Waals surface area contributed by atoms with Gasteiger partial charge in [0, 0.05) is 0 Å². The summed E-state index contributed by atoms with van der Waals surface area (Å²) >= 11 is 1.46. The number of carbonyl (C=O) groups is 1. The topological polar surface area (TPSA) is 111 Å². The Bertz CT molecular complexity index is 995. The lowest BCUT2D eigenvalue weighted by atomic mass is 10.2. The van der Waals surface area contributed by atoms with Crippen molar-refractivity contribution in [1.82, 2.24) is 14.9 Å². The molecule has 0 radical (unpaired) electrons. The van der Waals surface area contributed by atoms with E-state index in [9.17, 15) is 13.2 Å². The number of nitrogens with one attached hydrogen (secondary N) is 1. The molecular formula is C16H15N3O5S2. The molecule has 0 spiro atoms. The SMILES string of the molecule is CNS(=O)(=O)c1ccc(C(=O)OC(C)c2nnc(-c3cccs3)o2)cc1. The van der Waals surface area contributed by atoms with Gasteiger partial charge in [-0.05, 0) is 49.7 Å². The van der Waals surface area contributed by atoms with Gasteiger partial charge in [0.05, 0.1) is 15.3 Å². The highest BCUT2D eigenvalue weighted by Gasteiger charge is 2.21. The molecule has 0 aliphatic carbocycles. The van der Waals surface area contributed by atoms with Crippen molar-refractivity contribution in [2.45, 2.75) is 17.9 Å². The molecule has 2 aromatic heterocycles. The second-order valence-corrected chi connectivity index (χ2v) is 8.04. The van der Waals surface area contributed by atoms with Crippen molar-refractivity contribution in [2.75, 3.05) is 7.05 Å². The molecule has 1 atom stereocenters. The van der Waals surface area contributed by atoms with Crippen LogP contribution in [0.4, 0.5) is 0 Å². The zero-order valence-corrected chi connectivity index (χ0v) is 15.5. The predicted octanol–water partition coefficient (Wildman–Crippen LogP) is 2.62. The summed E-state index contributed by atoms with van der Waals surface area (Å²) in [5.74, 6) is -0.0857. The second kappa shape index (κ2) is 7.36. The van der Waals surface area contributed by atoms with Crippen LogP contribution in [0.25, 0.3) is 10.8 Å². The Balaban J connectivity index is 1.69.